The van der Waals surface area contributed by atoms with Crippen LogP contribution in [-0.2, 0) is 6.42 Å². The Hall–Kier alpha value is -2.13. The molecule has 0 fully saturated rings. The van der Waals surface area contributed by atoms with Gasteiger partial charge in [0.25, 0.3) is 5.91 Å². The Morgan fingerprint density at radius 1 is 1.10 bits per heavy atom. The van der Waals surface area contributed by atoms with Crippen molar-refractivity contribution in [2.24, 2.45) is 0 Å². The van der Waals surface area contributed by atoms with Gasteiger partial charge in [0, 0.05) is 12.1 Å². The fourth-order valence-corrected chi connectivity index (χ4v) is 2.95. The molecule has 0 radical (unpaired) electrons. The molecular formula is C18H20N2O. The van der Waals surface area contributed by atoms with Crippen LogP contribution in [0.25, 0.3) is 0 Å². The van der Waals surface area contributed by atoms with Crippen molar-refractivity contribution in [2.45, 2.75) is 18.9 Å². The number of fused-ring (bicyclic) bond motifs is 1. The number of nitrogens with one attached hydrogen (secondary N) is 2. The Labute approximate surface area is 125 Å². The predicted octanol–water partition coefficient (Wildman–Crippen LogP) is 2.67. The summed E-state index contributed by atoms with van der Waals surface area (Å²) < 4.78 is 0. The maximum Gasteiger partial charge on any atom is 0.251 e. The van der Waals surface area contributed by atoms with Gasteiger partial charge in [-0.1, -0.05) is 42.5 Å². The minimum atomic E-state index is 0.0484. The molecule has 2 N–H and O–H groups in total. The molecule has 1 heterocycles. The lowest BCUT2D eigenvalue weighted by atomic mass is 9.94. The zero-order valence-corrected chi connectivity index (χ0v) is 12.2. The number of rotatable bonds is 3. The Bertz CT molecular complexity index is 637. The van der Waals surface area contributed by atoms with E-state index in [-0.39, 0.29) is 11.9 Å². The Balaban J connectivity index is 2.01. The molecule has 1 aliphatic rings. The van der Waals surface area contributed by atoms with Crippen molar-refractivity contribution in [2.75, 3.05) is 13.6 Å². The standard InChI is InChI=1S/C18H20N2O/c1-19-17(14-6-3-2-4-7-14)15-10-9-13-8-5-11-20-18(21)16(13)12-15/h2-4,6-7,9-10,12,17,19H,5,8,11H2,1H3,(H,20,21). The molecule has 1 amide bonds. The first-order chi connectivity index (χ1) is 10.3. The van der Waals surface area contributed by atoms with E-state index >= 15 is 0 Å². The van der Waals surface area contributed by atoms with Crippen molar-refractivity contribution in [1.82, 2.24) is 10.6 Å². The van der Waals surface area contributed by atoms with Gasteiger partial charge in [0.05, 0.1) is 6.04 Å². The van der Waals surface area contributed by atoms with Gasteiger partial charge in [0.1, 0.15) is 0 Å². The quantitative estimate of drug-likeness (QED) is 0.907. The topological polar surface area (TPSA) is 41.1 Å². The number of amides is 1. The van der Waals surface area contributed by atoms with E-state index in [1.54, 1.807) is 0 Å². The molecule has 0 spiro atoms. The van der Waals surface area contributed by atoms with Crippen molar-refractivity contribution >= 4 is 5.91 Å². The maximum absolute atomic E-state index is 12.2. The van der Waals surface area contributed by atoms with E-state index < -0.39 is 0 Å². The van der Waals surface area contributed by atoms with Gasteiger partial charge in [-0.15, -0.1) is 0 Å². The minimum Gasteiger partial charge on any atom is -0.352 e. The van der Waals surface area contributed by atoms with Gasteiger partial charge in [0.2, 0.25) is 0 Å². The third-order valence-electron chi connectivity index (χ3n) is 4.04. The van der Waals surface area contributed by atoms with Gasteiger partial charge in [-0.25, -0.2) is 0 Å². The third kappa shape index (κ3) is 2.83. The molecule has 0 aliphatic carbocycles. The number of aryl methyl sites for hydroxylation is 1. The molecule has 0 bridgehead atoms. The van der Waals surface area contributed by atoms with E-state index in [0.29, 0.717) is 0 Å². The summed E-state index contributed by atoms with van der Waals surface area (Å²) >= 11 is 0. The number of hydrogen-bond acceptors (Lipinski definition) is 2. The molecule has 2 aromatic rings. The lowest BCUT2D eigenvalue weighted by molar-refractivity contribution is 0.0956. The van der Waals surface area contributed by atoms with E-state index in [9.17, 15) is 4.79 Å². The summed E-state index contributed by atoms with van der Waals surface area (Å²) in [6.45, 7) is 0.761. The fourth-order valence-electron chi connectivity index (χ4n) is 2.95. The molecule has 108 valence electrons. The summed E-state index contributed by atoms with van der Waals surface area (Å²) in [5.41, 5.74) is 4.30. The van der Waals surface area contributed by atoms with Gasteiger partial charge < -0.3 is 10.6 Å². The van der Waals surface area contributed by atoms with Crippen LogP contribution in [0.15, 0.2) is 48.5 Å². The van der Waals surface area contributed by atoms with Crippen molar-refractivity contribution < 1.29 is 4.79 Å². The lowest BCUT2D eigenvalue weighted by Crippen LogP contribution is -2.23. The van der Waals surface area contributed by atoms with E-state index in [0.717, 1.165) is 36.1 Å². The molecule has 1 unspecified atom stereocenters. The van der Waals surface area contributed by atoms with Gasteiger partial charge in [0.15, 0.2) is 0 Å². The Morgan fingerprint density at radius 3 is 2.67 bits per heavy atom. The summed E-state index contributed by atoms with van der Waals surface area (Å²) in [6, 6.07) is 16.7. The zero-order valence-electron chi connectivity index (χ0n) is 12.2. The SMILES string of the molecule is CNC(c1ccccc1)c1ccc2c(c1)C(=O)NCCC2. The molecular weight excluding hydrogens is 260 g/mol. The number of benzene rings is 2. The number of carbonyl (C=O) groups excluding carboxylic acids is 1. The van der Waals surface area contributed by atoms with Crippen LogP contribution in [0.2, 0.25) is 0 Å². The maximum atomic E-state index is 12.2. The molecule has 3 heteroatoms. The van der Waals surface area contributed by atoms with E-state index in [1.165, 1.54) is 5.56 Å². The normalized spacial score (nSPS) is 15.8. The van der Waals surface area contributed by atoms with Crippen molar-refractivity contribution in [3.63, 3.8) is 0 Å². The second-order valence-electron chi connectivity index (χ2n) is 5.41. The highest BCUT2D eigenvalue weighted by molar-refractivity contribution is 5.96. The van der Waals surface area contributed by atoms with Gasteiger partial charge >= 0.3 is 0 Å². The Morgan fingerprint density at radius 2 is 1.90 bits per heavy atom. The van der Waals surface area contributed by atoms with E-state index in [1.807, 2.05) is 31.3 Å². The Kier molecular flexibility index (Phi) is 4.02. The lowest BCUT2D eigenvalue weighted by Gasteiger charge is -2.18. The minimum absolute atomic E-state index is 0.0484. The van der Waals surface area contributed by atoms with Crippen LogP contribution in [0.3, 0.4) is 0 Å². The van der Waals surface area contributed by atoms with Crippen molar-refractivity contribution in [3.8, 4) is 0 Å². The molecule has 0 aromatic heterocycles. The van der Waals surface area contributed by atoms with Crippen LogP contribution < -0.4 is 10.6 Å². The van der Waals surface area contributed by atoms with Crippen LogP contribution in [-0.4, -0.2) is 19.5 Å². The number of carbonyl (C=O) groups is 1. The van der Waals surface area contributed by atoms with E-state index in [4.69, 9.17) is 0 Å². The van der Waals surface area contributed by atoms with Crippen LogP contribution >= 0.6 is 0 Å². The van der Waals surface area contributed by atoms with Gasteiger partial charge in [-0.05, 0) is 42.6 Å². The first-order valence-electron chi connectivity index (χ1n) is 7.43. The average Bonchev–Trinajstić information content (AvgIpc) is 2.71. The average molecular weight is 280 g/mol. The van der Waals surface area contributed by atoms with Gasteiger partial charge in [-0.2, -0.15) is 0 Å². The smallest absolute Gasteiger partial charge is 0.251 e. The highest BCUT2D eigenvalue weighted by atomic mass is 16.1. The molecule has 3 rings (SSSR count). The first kappa shape index (κ1) is 13.8. The van der Waals surface area contributed by atoms with Crippen molar-refractivity contribution in [3.05, 3.63) is 70.8 Å². The molecule has 0 saturated heterocycles. The van der Waals surface area contributed by atoms with Gasteiger partial charge in [-0.3, -0.25) is 4.79 Å². The molecule has 0 saturated carbocycles. The molecule has 3 nitrogen and oxygen atoms in total. The van der Waals surface area contributed by atoms with Crippen LogP contribution in [0.1, 0.15) is 39.5 Å². The summed E-state index contributed by atoms with van der Waals surface area (Å²) in [5, 5.41) is 6.31. The molecule has 1 atom stereocenters. The summed E-state index contributed by atoms with van der Waals surface area (Å²) in [4.78, 5) is 12.2. The zero-order chi connectivity index (χ0) is 14.7. The first-order valence-corrected chi connectivity index (χ1v) is 7.43. The molecule has 2 aromatic carbocycles. The predicted molar refractivity (Wildman–Crippen MR) is 84.4 cm³/mol. The molecule has 1 aliphatic heterocycles. The number of hydrogen-bond donors (Lipinski definition) is 2. The van der Waals surface area contributed by atoms with Crippen LogP contribution in [0.4, 0.5) is 0 Å². The summed E-state index contributed by atoms with van der Waals surface area (Å²) in [6.07, 6.45) is 1.97. The largest absolute Gasteiger partial charge is 0.352 e. The highest BCUT2D eigenvalue weighted by Crippen LogP contribution is 2.25. The summed E-state index contributed by atoms with van der Waals surface area (Å²) in [7, 11) is 1.95. The summed E-state index contributed by atoms with van der Waals surface area (Å²) in [5.74, 6) is 0.0484. The van der Waals surface area contributed by atoms with Crippen molar-refractivity contribution in [1.29, 1.82) is 0 Å². The fraction of sp³-hybridized carbons (Fsp3) is 0.278. The monoisotopic (exact) mass is 280 g/mol. The van der Waals surface area contributed by atoms with E-state index in [2.05, 4.69) is 34.9 Å². The third-order valence-corrected chi connectivity index (χ3v) is 4.04. The highest BCUT2D eigenvalue weighted by Gasteiger charge is 2.18. The molecule has 21 heavy (non-hydrogen) atoms. The second kappa shape index (κ2) is 6.10. The second-order valence-corrected chi connectivity index (χ2v) is 5.41. The van der Waals surface area contributed by atoms with Crippen LogP contribution in [0.5, 0.6) is 0 Å². The van der Waals surface area contributed by atoms with Crippen LogP contribution in [0, 0.1) is 0 Å².